The van der Waals surface area contributed by atoms with Crippen molar-refractivity contribution in [3.8, 4) is 5.75 Å². The average molecular weight is 135 g/mol. The minimum absolute atomic E-state index is 0.268. The van der Waals surface area contributed by atoms with Gasteiger partial charge in [-0.05, 0) is 30.2 Å². The zero-order valence-corrected chi connectivity index (χ0v) is 5.83. The third-order valence-corrected chi connectivity index (χ3v) is 1.43. The number of hydrogen-bond donors (Lipinski definition) is 1. The molecule has 10 heavy (non-hydrogen) atoms. The molecule has 1 nitrogen and oxygen atoms in total. The minimum Gasteiger partial charge on any atom is -0.508 e. The molecule has 1 heteroatoms. The number of aromatic hydroxyl groups is 1. The standard InChI is InChI=1S/C9H10O/c1-3-8-4-5-9(10)6-7(8)2/h3-6,10H,1H2,2H3/i1D. The van der Waals surface area contributed by atoms with Crippen LogP contribution in [0.15, 0.2) is 24.8 Å². The molecule has 0 fully saturated rings. The number of benzene rings is 1. The Labute approximate surface area is 62.0 Å². The highest BCUT2D eigenvalue weighted by Crippen LogP contribution is 2.15. The van der Waals surface area contributed by atoms with Gasteiger partial charge in [0.1, 0.15) is 5.75 Å². The molecule has 0 saturated heterocycles. The van der Waals surface area contributed by atoms with Gasteiger partial charge >= 0.3 is 0 Å². The Bertz CT molecular complexity index is 279. The van der Waals surface area contributed by atoms with Crippen molar-refractivity contribution in [2.75, 3.05) is 0 Å². The average Bonchev–Trinajstić information content (AvgIpc) is 1.95. The second-order valence-electron chi connectivity index (χ2n) is 2.21. The lowest BCUT2D eigenvalue weighted by atomic mass is 10.1. The van der Waals surface area contributed by atoms with Gasteiger partial charge in [-0.2, -0.15) is 0 Å². The SMILES string of the molecule is [2H]C=Cc1ccc(O)cc1C. The summed E-state index contributed by atoms with van der Waals surface area (Å²) in [5, 5.41) is 9.03. The Morgan fingerprint density at radius 2 is 2.50 bits per heavy atom. The fourth-order valence-corrected chi connectivity index (χ4v) is 0.847. The zero-order chi connectivity index (χ0) is 8.27. The molecule has 52 valence electrons. The molecule has 0 aliphatic rings. The highest BCUT2D eigenvalue weighted by atomic mass is 16.3. The fraction of sp³-hybridized carbons (Fsp3) is 0.111. The van der Waals surface area contributed by atoms with Crippen LogP contribution in [0.1, 0.15) is 12.5 Å². The second-order valence-corrected chi connectivity index (χ2v) is 2.21. The molecule has 1 N–H and O–H groups in total. The normalized spacial score (nSPS) is 11.9. The Morgan fingerprint density at radius 3 is 3.10 bits per heavy atom. The van der Waals surface area contributed by atoms with Gasteiger partial charge in [0.2, 0.25) is 0 Å². The van der Waals surface area contributed by atoms with E-state index in [9.17, 15) is 0 Å². The molecule has 0 amide bonds. The summed E-state index contributed by atoms with van der Waals surface area (Å²) in [6, 6.07) is 5.08. The topological polar surface area (TPSA) is 20.2 Å². The van der Waals surface area contributed by atoms with Crippen LogP contribution in [0.25, 0.3) is 6.08 Å². The maximum Gasteiger partial charge on any atom is 0.115 e. The minimum atomic E-state index is 0.268. The predicted molar refractivity (Wildman–Crippen MR) is 42.9 cm³/mol. The van der Waals surface area contributed by atoms with Crippen LogP contribution in [0, 0.1) is 6.92 Å². The Morgan fingerprint density at radius 1 is 1.70 bits per heavy atom. The summed E-state index contributed by atoms with van der Waals surface area (Å²) in [4.78, 5) is 0. The highest BCUT2D eigenvalue weighted by molar-refractivity contribution is 5.53. The van der Waals surface area contributed by atoms with Crippen molar-refractivity contribution in [3.05, 3.63) is 35.9 Å². The number of aryl methyl sites for hydroxylation is 1. The number of phenolic OH excluding ortho intramolecular Hbond substituents is 1. The van der Waals surface area contributed by atoms with Gasteiger partial charge in [0.25, 0.3) is 0 Å². The van der Waals surface area contributed by atoms with Crippen molar-refractivity contribution < 1.29 is 6.48 Å². The first-order valence-electron chi connectivity index (χ1n) is 3.66. The van der Waals surface area contributed by atoms with Crippen LogP contribution in [0.5, 0.6) is 5.75 Å². The van der Waals surface area contributed by atoms with Gasteiger partial charge < -0.3 is 5.11 Å². The van der Waals surface area contributed by atoms with Gasteiger partial charge in [-0.25, -0.2) is 0 Å². The largest absolute Gasteiger partial charge is 0.508 e. The van der Waals surface area contributed by atoms with Crippen LogP contribution in [0.2, 0.25) is 0 Å². The number of rotatable bonds is 1. The van der Waals surface area contributed by atoms with Crippen LogP contribution < -0.4 is 0 Å². The van der Waals surface area contributed by atoms with E-state index in [1.54, 1.807) is 24.3 Å². The summed E-state index contributed by atoms with van der Waals surface area (Å²) < 4.78 is 6.85. The molecular weight excluding hydrogens is 124 g/mol. The van der Waals surface area contributed by atoms with Gasteiger partial charge in [-0.1, -0.05) is 18.7 Å². The monoisotopic (exact) mass is 135 g/mol. The van der Waals surface area contributed by atoms with E-state index in [0.29, 0.717) is 0 Å². The molecule has 1 rings (SSSR count). The number of phenols is 1. The summed E-state index contributed by atoms with van der Waals surface area (Å²) >= 11 is 0. The van der Waals surface area contributed by atoms with Gasteiger partial charge in [0.05, 0.1) is 1.37 Å². The van der Waals surface area contributed by atoms with E-state index in [1.807, 2.05) is 6.92 Å². The lowest BCUT2D eigenvalue weighted by Crippen LogP contribution is -1.77. The van der Waals surface area contributed by atoms with E-state index in [2.05, 4.69) is 0 Å². The van der Waals surface area contributed by atoms with Crippen LogP contribution in [-0.4, -0.2) is 5.11 Å². The Hall–Kier alpha value is -1.24. The summed E-state index contributed by atoms with van der Waals surface area (Å²) in [6.45, 7) is 3.13. The van der Waals surface area contributed by atoms with E-state index in [4.69, 9.17) is 6.48 Å². The van der Waals surface area contributed by atoms with E-state index in [1.165, 1.54) is 6.55 Å². The van der Waals surface area contributed by atoms with E-state index >= 15 is 0 Å². The first-order chi connectivity index (χ1) is 5.24. The molecule has 0 atom stereocenters. The van der Waals surface area contributed by atoms with E-state index in [0.717, 1.165) is 11.1 Å². The van der Waals surface area contributed by atoms with Crippen molar-refractivity contribution >= 4 is 6.08 Å². The molecular formula is C9H10O. The van der Waals surface area contributed by atoms with Crippen molar-refractivity contribution in [1.82, 2.24) is 0 Å². The molecule has 0 spiro atoms. The van der Waals surface area contributed by atoms with Crippen molar-refractivity contribution in [3.63, 3.8) is 0 Å². The summed E-state index contributed by atoms with van der Waals surface area (Å²) in [7, 11) is 0. The van der Waals surface area contributed by atoms with Crippen LogP contribution in [0.3, 0.4) is 0 Å². The quantitative estimate of drug-likeness (QED) is 0.626. The summed E-state index contributed by atoms with van der Waals surface area (Å²) in [5.41, 5.74) is 1.95. The molecule has 0 saturated carbocycles. The van der Waals surface area contributed by atoms with Gasteiger partial charge in [-0.15, -0.1) is 0 Å². The molecule has 1 aromatic carbocycles. The highest BCUT2D eigenvalue weighted by Gasteiger charge is 1.92. The summed E-state index contributed by atoms with van der Waals surface area (Å²) in [6.07, 6.45) is 1.69. The van der Waals surface area contributed by atoms with Gasteiger partial charge in [0.15, 0.2) is 0 Å². The second kappa shape index (κ2) is 2.56. The third-order valence-electron chi connectivity index (χ3n) is 1.43. The maximum atomic E-state index is 9.03. The van der Waals surface area contributed by atoms with Crippen LogP contribution in [-0.2, 0) is 0 Å². The third kappa shape index (κ3) is 1.18. The smallest absolute Gasteiger partial charge is 0.115 e. The van der Waals surface area contributed by atoms with Crippen LogP contribution in [0.4, 0.5) is 0 Å². The predicted octanol–water partition coefficient (Wildman–Crippen LogP) is 2.34. The van der Waals surface area contributed by atoms with E-state index < -0.39 is 0 Å². The molecule has 1 aromatic rings. The molecule has 0 unspecified atom stereocenters. The molecule has 0 radical (unpaired) electrons. The van der Waals surface area contributed by atoms with E-state index in [-0.39, 0.29) is 5.75 Å². The Kier molecular flexibility index (Phi) is 1.42. The van der Waals surface area contributed by atoms with Crippen LogP contribution >= 0.6 is 0 Å². The first kappa shape index (κ1) is 5.54. The Balaban J connectivity index is 3.09. The molecule has 0 aliphatic heterocycles. The maximum absolute atomic E-state index is 9.03. The van der Waals surface area contributed by atoms with Crippen molar-refractivity contribution in [2.45, 2.75) is 6.92 Å². The van der Waals surface area contributed by atoms with Crippen molar-refractivity contribution in [2.24, 2.45) is 0 Å². The van der Waals surface area contributed by atoms with Gasteiger partial charge in [0, 0.05) is 0 Å². The van der Waals surface area contributed by atoms with Gasteiger partial charge in [-0.3, -0.25) is 0 Å². The lowest BCUT2D eigenvalue weighted by molar-refractivity contribution is 0.475. The molecule has 0 aliphatic carbocycles. The molecule has 0 heterocycles. The summed E-state index contributed by atoms with van der Waals surface area (Å²) in [5.74, 6) is 0.268. The lowest BCUT2D eigenvalue weighted by Gasteiger charge is -1.98. The fourth-order valence-electron chi connectivity index (χ4n) is 0.847. The molecule has 0 bridgehead atoms. The number of hydrogen-bond acceptors (Lipinski definition) is 1. The van der Waals surface area contributed by atoms with Crippen molar-refractivity contribution in [1.29, 1.82) is 0 Å². The first-order valence-corrected chi connectivity index (χ1v) is 3.08. The zero-order valence-electron chi connectivity index (χ0n) is 6.83. The molecule has 0 aromatic heterocycles.